The van der Waals surface area contributed by atoms with E-state index < -0.39 is 12.4 Å². The van der Waals surface area contributed by atoms with Crippen LogP contribution >= 0.6 is 15.9 Å². The summed E-state index contributed by atoms with van der Waals surface area (Å²) in [5, 5.41) is 8.82. The topological polar surface area (TPSA) is 50.1 Å². The van der Waals surface area contributed by atoms with Crippen LogP contribution in [0.3, 0.4) is 0 Å². The molecule has 0 radical (unpaired) electrons. The van der Waals surface area contributed by atoms with Crippen LogP contribution in [0, 0.1) is 11.3 Å². The molecule has 0 bridgehead atoms. The van der Waals surface area contributed by atoms with Crippen molar-refractivity contribution in [2.45, 2.75) is 6.43 Å². The second-order valence-corrected chi connectivity index (χ2v) is 3.59. The predicted octanol–water partition coefficient (Wildman–Crippen LogP) is 3.04. The summed E-state index contributed by atoms with van der Waals surface area (Å²) < 4.78 is 29.4. The van der Waals surface area contributed by atoms with E-state index in [-0.39, 0.29) is 21.2 Å². The Morgan fingerprint density at radius 1 is 1.56 bits per heavy atom. The number of carbonyl (C=O) groups excluding carboxylic acids is 1. The van der Waals surface area contributed by atoms with Crippen LogP contribution in [0.15, 0.2) is 16.6 Å². The van der Waals surface area contributed by atoms with E-state index in [0.717, 1.165) is 19.2 Å². The zero-order valence-corrected chi connectivity index (χ0v) is 9.72. The molecule has 0 N–H and O–H groups in total. The van der Waals surface area contributed by atoms with Gasteiger partial charge in [-0.2, -0.15) is 5.26 Å². The van der Waals surface area contributed by atoms with Crippen molar-refractivity contribution in [2.24, 2.45) is 0 Å². The van der Waals surface area contributed by atoms with Gasteiger partial charge in [0, 0.05) is 10.0 Å². The molecule has 0 aromatic heterocycles. The summed E-state index contributed by atoms with van der Waals surface area (Å²) in [6, 6.07) is 3.93. The van der Waals surface area contributed by atoms with Crippen molar-refractivity contribution in [2.75, 3.05) is 7.11 Å². The van der Waals surface area contributed by atoms with Gasteiger partial charge in [0.05, 0.1) is 18.2 Å². The average molecular weight is 290 g/mol. The monoisotopic (exact) mass is 289 g/mol. The molecule has 6 heteroatoms. The number of ether oxygens (including phenoxy) is 1. The third-order valence-electron chi connectivity index (χ3n) is 1.92. The molecule has 0 spiro atoms. The molecule has 3 nitrogen and oxygen atoms in total. The van der Waals surface area contributed by atoms with Crippen LogP contribution in [0.2, 0.25) is 0 Å². The Morgan fingerprint density at radius 2 is 2.19 bits per heavy atom. The standard InChI is InChI=1S/C10H6BrF2NO2/c1-16-10(15)5-2-3-6(9(12)13)8(11)7(5)4-14/h2-3,9H,1H3. The maximum absolute atomic E-state index is 12.5. The van der Waals surface area contributed by atoms with Gasteiger partial charge in [0.15, 0.2) is 0 Å². The molecule has 0 saturated carbocycles. The third kappa shape index (κ3) is 2.19. The first-order valence-corrected chi connectivity index (χ1v) is 4.91. The molecule has 0 saturated heterocycles. The van der Waals surface area contributed by atoms with Gasteiger partial charge in [-0.25, -0.2) is 13.6 Å². The molecule has 1 aromatic carbocycles. The predicted molar refractivity (Wildman–Crippen MR) is 55.2 cm³/mol. The van der Waals surface area contributed by atoms with E-state index in [9.17, 15) is 13.6 Å². The fourth-order valence-electron chi connectivity index (χ4n) is 1.15. The number of carbonyl (C=O) groups is 1. The van der Waals surface area contributed by atoms with Crippen molar-refractivity contribution >= 4 is 21.9 Å². The van der Waals surface area contributed by atoms with Crippen molar-refractivity contribution in [3.63, 3.8) is 0 Å². The van der Waals surface area contributed by atoms with Crippen LogP contribution in [0.4, 0.5) is 8.78 Å². The number of hydrogen-bond acceptors (Lipinski definition) is 3. The van der Waals surface area contributed by atoms with E-state index in [2.05, 4.69) is 20.7 Å². The molecular weight excluding hydrogens is 284 g/mol. The number of esters is 1. The number of methoxy groups -OCH3 is 1. The lowest BCUT2D eigenvalue weighted by Crippen LogP contribution is -2.06. The highest BCUT2D eigenvalue weighted by Gasteiger charge is 2.20. The lowest BCUT2D eigenvalue weighted by Gasteiger charge is -2.08. The van der Waals surface area contributed by atoms with Crippen LogP contribution in [0.25, 0.3) is 0 Å². The molecule has 84 valence electrons. The molecule has 1 aromatic rings. The summed E-state index contributed by atoms with van der Waals surface area (Å²) >= 11 is 2.88. The van der Waals surface area contributed by atoms with Gasteiger partial charge in [0.2, 0.25) is 0 Å². The molecule has 0 fully saturated rings. The molecular formula is C10H6BrF2NO2. The van der Waals surface area contributed by atoms with Crippen molar-refractivity contribution in [3.05, 3.63) is 33.3 Å². The lowest BCUT2D eigenvalue weighted by molar-refractivity contribution is 0.0600. The van der Waals surface area contributed by atoms with Crippen LogP contribution in [0.5, 0.6) is 0 Å². The fourth-order valence-corrected chi connectivity index (χ4v) is 1.76. The first kappa shape index (κ1) is 12.6. The van der Waals surface area contributed by atoms with Crippen LogP contribution in [-0.2, 0) is 4.74 Å². The maximum atomic E-state index is 12.5. The first-order chi connectivity index (χ1) is 7.52. The molecule has 0 aliphatic carbocycles. The van der Waals surface area contributed by atoms with E-state index >= 15 is 0 Å². The van der Waals surface area contributed by atoms with E-state index in [0.29, 0.717) is 0 Å². The summed E-state index contributed by atoms with van der Waals surface area (Å²) in [5.41, 5.74) is -0.518. The Labute approximate surface area is 98.8 Å². The Balaban J connectivity index is 3.42. The number of nitriles is 1. The van der Waals surface area contributed by atoms with Crippen LogP contribution in [-0.4, -0.2) is 13.1 Å². The lowest BCUT2D eigenvalue weighted by atomic mass is 10.1. The molecule has 16 heavy (non-hydrogen) atoms. The molecule has 0 aliphatic rings. The number of hydrogen-bond donors (Lipinski definition) is 0. The second kappa shape index (κ2) is 5.03. The Bertz CT molecular complexity index is 469. The summed E-state index contributed by atoms with van der Waals surface area (Å²) in [4.78, 5) is 11.2. The normalized spacial score (nSPS) is 10.0. The molecule has 0 aliphatic heterocycles. The highest BCUT2D eigenvalue weighted by molar-refractivity contribution is 9.10. The largest absolute Gasteiger partial charge is 0.465 e. The van der Waals surface area contributed by atoms with Gasteiger partial charge >= 0.3 is 5.97 Å². The summed E-state index contributed by atoms with van der Waals surface area (Å²) in [6.45, 7) is 0. The van der Waals surface area contributed by atoms with Gasteiger partial charge < -0.3 is 4.74 Å². The minimum absolute atomic E-state index is 0.0405. The first-order valence-electron chi connectivity index (χ1n) is 4.11. The minimum atomic E-state index is -2.71. The molecule has 1 rings (SSSR count). The SMILES string of the molecule is COC(=O)c1ccc(C(F)F)c(Br)c1C#N. The number of benzene rings is 1. The Morgan fingerprint density at radius 3 is 2.62 bits per heavy atom. The minimum Gasteiger partial charge on any atom is -0.465 e. The van der Waals surface area contributed by atoms with Gasteiger partial charge in [0.25, 0.3) is 6.43 Å². The van der Waals surface area contributed by atoms with Crippen molar-refractivity contribution < 1.29 is 18.3 Å². The van der Waals surface area contributed by atoms with Crippen molar-refractivity contribution in [1.82, 2.24) is 0 Å². The Kier molecular flexibility index (Phi) is 3.96. The van der Waals surface area contributed by atoms with Gasteiger partial charge in [-0.3, -0.25) is 0 Å². The third-order valence-corrected chi connectivity index (χ3v) is 2.78. The summed E-state index contributed by atoms with van der Waals surface area (Å²) in [6.07, 6.45) is -2.71. The maximum Gasteiger partial charge on any atom is 0.339 e. The molecule has 0 unspecified atom stereocenters. The number of halogens is 3. The zero-order valence-electron chi connectivity index (χ0n) is 8.13. The highest BCUT2D eigenvalue weighted by Crippen LogP contribution is 2.31. The van der Waals surface area contributed by atoms with E-state index in [1.54, 1.807) is 6.07 Å². The van der Waals surface area contributed by atoms with Gasteiger partial charge in [-0.15, -0.1) is 0 Å². The molecule has 0 heterocycles. The second-order valence-electron chi connectivity index (χ2n) is 2.80. The smallest absolute Gasteiger partial charge is 0.339 e. The number of nitrogens with zero attached hydrogens (tertiary/aromatic N) is 1. The van der Waals surface area contributed by atoms with Crippen LogP contribution < -0.4 is 0 Å². The van der Waals surface area contributed by atoms with Gasteiger partial charge in [-0.1, -0.05) is 6.07 Å². The average Bonchev–Trinajstić information content (AvgIpc) is 2.26. The Hall–Kier alpha value is -1.48. The summed E-state index contributed by atoms with van der Waals surface area (Å²) in [5.74, 6) is -0.738. The van der Waals surface area contributed by atoms with Crippen LogP contribution in [0.1, 0.15) is 27.9 Å². The molecule has 0 atom stereocenters. The quantitative estimate of drug-likeness (QED) is 0.786. The van der Waals surface area contributed by atoms with Gasteiger partial charge in [-0.05, 0) is 22.0 Å². The number of rotatable bonds is 2. The van der Waals surface area contributed by atoms with E-state index in [4.69, 9.17) is 5.26 Å². The van der Waals surface area contributed by atoms with E-state index in [1.165, 1.54) is 0 Å². The van der Waals surface area contributed by atoms with Gasteiger partial charge in [0.1, 0.15) is 6.07 Å². The fraction of sp³-hybridized carbons (Fsp3) is 0.200. The highest BCUT2D eigenvalue weighted by atomic mass is 79.9. The zero-order chi connectivity index (χ0) is 12.3. The van der Waals surface area contributed by atoms with E-state index in [1.807, 2.05) is 0 Å². The van der Waals surface area contributed by atoms with Crippen molar-refractivity contribution in [3.8, 4) is 6.07 Å². The number of alkyl halides is 2. The summed E-state index contributed by atoms with van der Waals surface area (Å²) in [7, 11) is 1.15. The van der Waals surface area contributed by atoms with Crippen molar-refractivity contribution in [1.29, 1.82) is 5.26 Å². The molecule has 0 amide bonds.